The molecular weight excluding hydrogens is 470 g/mol. The number of carbonyl (C=O) groups is 1. The van der Waals surface area contributed by atoms with Gasteiger partial charge in [0.15, 0.2) is 0 Å². The average Bonchev–Trinajstić information content (AvgIpc) is 3.30. The van der Waals surface area contributed by atoms with Crippen LogP contribution in [-0.2, 0) is 24.2 Å². The quantitative estimate of drug-likeness (QED) is 0.110. The molecular formula is C33H37N3O2. The molecule has 1 aromatic heterocycles. The number of nitrogens with zero attached hydrogens (tertiary/aromatic N) is 2. The molecule has 0 spiro atoms. The molecule has 0 fully saturated rings. The lowest BCUT2D eigenvalue weighted by atomic mass is 10.1. The van der Waals surface area contributed by atoms with Crippen LogP contribution in [-0.4, -0.2) is 28.6 Å². The summed E-state index contributed by atoms with van der Waals surface area (Å²) >= 11 is 0. The summed E-state index contributed by atoms with van der Waals surface area (Å²) in [6.45, 7) is 6.04. The first-order valence-corrected chi connectivity index (χ1v) is 13.5. The molecule has 38 heavy (non-hydrogen) atoms. The Hall–Kier alpha value is -4.12. The van der Waals surface area contributed by atoms with E-state index in [9.17, 15) is 4.79 Å². The number of benzene rings is 3. The molecule has 0 bridgehead atoms. The predicted octanol–water partition coefficient (Wildman–Crippen LogP) is 6.78. The van der Waals surface area contributed by atoms with Gasteiger partial charge in [0.25, 0.3) is 0 Å². The zero-order valence-electron chi connectivity index (χ0n) is 22.0. The average molecular weight is 508 g/mol. The van der Waals surface area contributed by atoms with Crippen molar-refractivity contribution in [3.63, 3.8) is 0 Å². The topological polar surface area (TPSA) is 56.1 Å². The van der Waals surface area contributed by atoms with E-state index in [1.807, 2.05) is 66.7 Å². The summed E-state index contributed by atoms with van der Waals surface area (Å²) in [6.07, 6.45) is 11.0. The van der Waals surface area contributed by atoms with Crippen LogP contribution in [0.2, 0.25) is 0 Å². The van der Waals surface area contributed by atoms with Gasteiger partial charge in [0.1, 0.15) is 11.6 Å². The van der Waals surface area contributed by atoms with Crippen molar-refractivity contribution in [2.24, 2.45) is 0 Å². The van der Waals surface area contributed by atoms with Crippen LogP contribution in [0.25, 0.3) is 17.1 Å². The third-order valence-corrected chi connectivity index (χ3v) is 6.46. The second kappa shape index (κ2) is 14.6. The Balaban J connectivity index is 1.23. The van der Waals surface area contributed by atoms with Crippen molar-refractivity contribution in [3.8, 4) is 5.75 Å². The molecule has 4 aromatic rings. The Bertz CT molecular complexity index is 1340. The first-order chi connectivity index (χ1) is 18.7. The van der Waals surface area contributed by atoms with Gasteiger partial charge in [-0.25, -0.2) is 4.98 Å². The zero-order valence-corrected chi connectivity index (χ0v) is 22.0. The highest BCUT2D eigenvalue weighted by atomic mass is 16.5. The highest BCUT2D eigenvalue weighted by Gasteiger charge is 2.10. The van der Waals surface area contributed by atoms with E-state index in [0.717, 1.165) is 67.7 Å². The lowest BCUT2D eigenvalue weighted by Gasteiger charge is -2.12. The Morgan fingerprint density at radius 1 is 0.921 bits per heavy atom. The Morgan fingerprint density at radius 2 is 1.71 bits per heavy atom. The minimum atomic E-state index is -0.0509. The number of imidazole rings is 1. The van der Waals surface area contributed by atoms with Gasteiger partial charge in [-0.1, -0.05) is 73.2 Å². The van der Waals surface area contributed by atoms with E-state index in [0.29, 0.717) is 13.2 Å². The number of hydrogen-bond acceptors (Lipinski definition) is 3. The van der Waals surface area contributed by atoms with Crippen molar-refractivity contribution in [1.29, 1.82) is 0 Å². The molecule has 1 amide bonds. The molecule has 0 saturated carbocycles. The molecule has 0 saturated heterocycles. The molecule has 5 heteroatoms. The lowest BCUT2D eigenvalue weighted by molar-refractivity contribution is -0.116. The fourth-order valence-corrected chi connectivity index (χ4v) is 4.53. The number of aryl methyl sites for hydroxylation is 2. The fraction of sp³-hybridized carbons (Fsp3) is 0.273. The molecule has 0 aliphatic rings. The molecule has 1 N–H and O–H groups in total. The van der Waals surface area contributed by atoms with Crippen LogP contribution in [0.4, 0.5) is 0 Å². The standard InChI is InChI=1S/C33H37N3O2/c1-2-14-28-17-8-11-20-31(28)38-26-13-25-36-30-19-10-9-18-29(30)35-32(36)21-7-4-12-24-34-33(37)23-22-27-15-5-3-6-16-27/h2-3,5-6,8-11,15-20,22-23H,1,4,7,12-14,21,24-26H2,(H,34,37)/b23-22+. The van der Waals surface area contributed by atoms with Crippen molar-refractivity contribution in [3.05, 3.63) is 115 Å². The number of fused-ring (bicyclic) bond motifs is 1. The van der Waals surface area contributed by atoms with E-state index in [1.54, 1.807) is 6.08 Å². The summed E-state index contributed by atoms with van der Waals surface area (Å²) < 4.78 is 8.44. The van der Waals surface area contributed by atoms with Crippen LogP contribution in [0.15, 0.2) is 97.6 Å². The Morgan fingerprint density at radius 3 is 2.58 bits per heavy atom. The van der Waals surface area contributed by atoms with Crippen LogP contribution >= 0.6 is 0 Å². The van der Waals surface area contributed by atoms with E-state index < -0.39 is 0 Å². The normalized spacial score (nSPS) is 11.2. The van der Waals surface area contributed by atoms with Crippen molar-refractivity contribution >= 4 is 23.0 Å². The van der Waals surface area contributed by atoms with Crippen LogP contribution in [0.5, 0.6) is 5.75 Å². The van der Waals surface area contributed by atoms with E-state index in [-0.39, 0.29) is 5.91 Å². The zero-order chi connectivity index (χ0) is 26.4. The number of allylic oxidation sites excluding steroid dienone is 1. The van der Waals surface area contributed by atoms with Crippen LogP contribution in [0.1, 0.15) is 42.6 Å². The second-order valence-corrected chi connectivity index (χ2v) is 9.32. The molecule has 4 rings (SSSR count). The van der Waals surface area contributed by atoms with Gasteiger partial charge in [0.2, 0.25) is 5.91 Å². The molecule has 0 atom stereocenters. The maximum atomic E-state index is 12.1. The highest BCUT2D eigenvalue weighted by Crippen LogP contribution is 2.21. The SMILES string of the molecule is C=CCc1ccccc1OCCCn1c(CCCCCNC(=O)/C=C/c2ccccc2)nc2ccccc21. The maximum Gasteiger partial charge on any atom is 0.243 e. The van der Waals surface area contributed by atoms with Gasteiger partial charge in [-0.3, -0.25) is 4.79 Å². The molecule has 0 aliphatic heterocycles. The van der Waals surface area contributed by atoms with Crippen molar-refractivity contribution < 1.29 is 9.53 Å². The summed E-state index contributed by atoms with van der Waals surface area (Å²) in [5.41, 5.74) is 4.40. The highest BCUT2D eigenvalue weighted by molar-refractivity contribution is 5.91. The number of nitrogens with one attached hydrogen (secondary N) is 1. The van der Waals surface area contributed by atoms with Gasteiger partial charge >= 0.3 is 0 Å². The number of hydrogen-bond donors (Lipinski definition) is 1. The Kier molecular flexibility index (Phi) is 10.3. The monoisotopic (exact) mass is 507 g/mol. The molecule has 0 radical (unpaired) electrons. The number of ether oxygens (including phenoxy) is 1. The number of rotatable bonds is 15. The van der Waals surface area contributed by atoms with Gasteiger partial charge in [-0.15, -0.1) is 6.58 Å². The summed E-state index contributed by atoms with van der Waals surface area (Å²) in [7, 11) is 0. The van der Waals surface area contributed by atoms with E-state index >= 15 is 0 Å². The predicted molar refractivity (Wildman–Crippen MR) is 156 cm³/mol. The molecule has 0 aliphatic carbocycles. The minimum absolute atomic E-state index is 0.0509. The smallest absolute Gasteiger partial charge is 0.243 e. The summed E-state index contributed by atoms with van der Waals surface area (Å²) in [5, 5.41) is 2.98. The van der Waals surface area contributed by atoms with Gasteiger partial charge in [0.05, 0.1) is 17.6 Å². The Labute approximate surface area is 225 Å². The number of unbranched alkanes of at least 4 members (excludes halogenated alkanes) is 2. The third-order valence-electron chi connectivity index (χ3n) is 6.46. The van der Waals surface area contributed by atoms with Crippen LogP contribution in [0, 0.1) is 0 Å². The fourth-order valence-electron chi connectivity index (χ4n) is 4.53. The van der Waals surface area contributed by atoms with Crippen LogP contribution in [0.3, 0.4) is 0 Å². The first kappa shape index (κ1) is 26.9. The second-order valence-electron chi connectivity index (χ2n) is 9.32. The number of para-hydroxylation sites is 3. The first-order valence-electron chi connectivity index (χ1n) is 13.5. The molecule has 3 aromatic carbocycles. The van der Waals surface area contributed by atoms with Gasteiger partial charge < -0.3 is 14.6 Å². The van der Waals surface area contributed by atoms with Gasteiger partial charge in [0, 0.05) is 25.6 Å². The van der Waals surface area contributed by atoms with Crippen molar-refractivity contribution in [2.75, 3.05) is 13.2 Å². The minimum Gasteiger partial charge on any atom is -0.493 e. The number of aromatic nitrogens is 2. The molecule has 0 unspecified atom stereocenters. The van der Waals surface area contributed by atoms with Gasteiger partial charge in [-0.05, 0) is 61.1 Å². The van der Waals surface area contributed by atoms with Crippen molar-refractivity contribution in [1.82, 2.24) is 14.9 Å². The number of carbonyl (C=O) groups excluding carboxylic acids is 1. The lowest BCUT2D eigenvalue weighted by Crippen LogP contribution is -2.22. The van der Waals surface area contributed by atoms with Gasteiger partial charge in [-0.2, -0.15) is 0 Å². The van der Waals surface area contributed by atoms with E-state index in [1.165, 1.54) is 11.1 Å². The number of amides is 1. The van der Waals surface area contributed by atoms with Crippen molar-refractivity contribution in [2.45, 2.75) is 45.1 Å². The summed E-state index contributed by atoms with van der Waals surface area (Å²) in [4.78, 5) is 17.0. The largest absolute Gasteiger partial charge is 0.493 e. The van der Waals surface area contributed by atoms with Crippen LogP contribution < -0.4 is 10.1 Å². The third kappa shape index (κ3) is 7.94. The van der Waals surface area contributed by atoms with E-state index in [4.69, 9.17) is 9.72 Å². The molecule has 196 valence electrons. The maximum absolute atomic E-state index is 12.1. The summed E-state index contributed by atoms with van der Waals surface area (Å²) in [6, 6.07) is 26.3. The summed E-state index contributed by atoms with van der Waals surface area (Å²) in [5.74, 6) is 2.00. The molecule has 1 heterocycles. The van der Waals surface area contributed by atoms with E-state index in [2.05, 4.69) is 40.7 Å². The molecule has 5 nitrogen and oxygen atoms in total.